The van der Waals surface area contributed by atoms with Gasteiger partial charge in [0.05, 0.1) is 0 Å². The first-order valence-corrected chi connectivity index (χ1v) is 9.02. The summed E-state index contributed by atoms with van der Waals surface area (Å²) in [5.41, 5.74) is 7.24. The molecule has 140 valence electrons. The highest BCUT2D eigenvalue weighted by molar-refractivity contribution is 9.10. The van der Waals surface area contributed by atoms with Gasteiger partial charge in [0.25, 0.3) is 11.8 Å². The molecule has 9 heteroatoms. The summed E-state index contributed by atoms with van der Waals surface area (Å²) in [5, 5.41) is 5.04. The Morgan fingerprint density at radius 1 is 0.926 bits per heavy atom. The van der Waals surface area contributed by atoms with Gasteiger partial charge in [0, 0.05) is 28.2 Å². The zero-order chi connectivity index (χ0) is 20.0. The number of hydrazine groups is 1. The molecular formula is C18H17BrN4O3S. The van der Waals surface area contributed by atoms with Crippen LogP contribution in [0, 0.1) is 6.92 Å². The van der Waals surface area contributed by atoms with E-state index in [2.05, 4.69) is 37.4 Å². The van der Waals surface area contributed by atoms with Crippen molar-refractivity contribution < 1.29 is 14.4 Å². The number of hydrogen-bond donors (Lipinski definition) is 4. The van der Waals surface area contributed by atoms with Gasteiger partial charge in [-0.25, -0.2) is 0 Å². The zero-order valence-corrected chi connectivity index (χ0v) is 17.0. The molecule has 0 aliphatic heterocycles. The Morgan fingerprint density at radius 2 is 1.56 bits per heavy atom. The Balaban J connectivity index is 1.87. The van der Waals surface area contributed by atoms with E-state index in [1.165, 1.54) is 6.92 Å². The number of halogens is 1. The SMILES string of the molecule is CC(=O)Nc1ccc(C(=O)NNC(=S)NC(=O)c2ccc(C)c(Br)c2)cc1. The number of anilines is 1. The molecule has 0 aliphatic carbocycles. The van der Waals surface area contributed by atoms with Crippen LogP contribution in [0.1, 0.15) is 33.2 Å². The standard InChI is InChI=1S/C18H17BrN4O3S/c1-10-3-4-13(9-15(10)19)16(25)21-18(27)23-22-17(26)12-5-7-14(8-6-12)20-11(2)24/h3-9H,1-2H3,(H,20,24)(H,22,26)(H2,21,23,25,27). The first kappa shape index (κ1) is 20.5. The number of aryl methyl sites for hydroxylation is 1. The lowest BCUT2D eigenvalue weighted by molar-refractivity contribution is -0.114. The van der Waals surface area contributed by atoms with Crippen molar-refractivity contribution in [1.29, 1.82) is 0 Å². The minimum atomic E-state index is -0.445. The number of thiocarbonyl (C=S) groups is 1. The molecule has 0 atom stereocenters. The fourth-order valence-electron chi connectivity index (χ4n) is 2.03. The maximum absolute atomic E-state index is 12.2. The van der Waals surface area contributed by atoms with Crippen LogP contribution in [0.4, 0.5) is 5.69 Å². The topological polar surface area (TPSA) is 99.3 Å². The summed E-state index contributed by atoms with van der Waals surface area (Å²) in [4.78, 5) is 35.2. The number of nitrogens with one attached hydrogen (secondary N) is 4. The van der Waals surface area contributed by atoms with Crippen molar-refractivity contribution in [2.24, 2.45) is 0 Å². The summed E-state index contributed by atoms with van der Waals surface area (Å²) in [6.07, 6.45) is 0. The third-order valence-electron chi connectivity index (χ3n) is 3.42. The Labute approximate surface area is 170 Å². The molecule has 2 aromatic rings. The van der Waals surface area contributed by atoms with E-state index in [0.717, 1.165) is 10.0 Å². The average molecular weight is 449 g/mol. The Morgan fingerprint density at radius 3 is 2.15 bits per heavy atom. The van der Waals surface area contributed by atoms with E-state index in [1.807, 2.05) is 13.0 Å². The minimum Gasteiger partial charge on any atom is -0.326 e. The molecule has 3 amide bonds. The predicted molar refractivity (Wildman–Crippen MR) is 110 cm³/mol. The van der Waals surface area contributed by atoms with Crippen LogP contribution in [0.5, 0.6) is 0 Å². The van der Waals surface area contributed by atoms with E-state index >= 15 is 0 Å². The lowest BCUT2D eigenvalue weighted by Gasteiger charge is -2.11. The van der Waals surface area contributed by atoms with Crippen LogP contribution in [0.3, 0.4) is 0 Å². The second kappa shape index (κ2) is 9.24. The van der Waals surface area contributed by atoms with Gasteiger partial charge in [0.1, 0.15) is 0 Å². The van der Waals surface area contributed by atoms with Gasteiger partial charge in [0.2, 0.25) is 5.91 Å². The van der Waals surface area contributed by atoms with Crippen molar-refractivity contribution >= 4 is 56.7 Å². The molecule has 0 saturated heterocycles. The second-order valence-corrected chi connectivity index (χ2v) is 6.85. The normalized spacial score (nSPS) is 9.89. The van der Waals surface area contributed by atoms with Crippen molar-refractivity contribution in [3.05, 3.63) is 63.6 Å². The van der Waals surface area contributed by atoms with Gasteiger partial charge < -0.3 is 5.32 Å². The second-order valence-electron chi connectivity index (χ2n) is 5.58. The lowest BCUT2D eigenvalue weighted by atomic mass is 10.1. The molecule has 7 nitrogen and oxygen atoms in total. The molecule has 0 aliphatic rings. The highest BCUT2D eigenvalue weighted by atomic mass is 79.9. The largest absolute Gasteiger partial charge is 0.326 e. The minimum absolute atomic E-state index is 0.0417. The molecule has 27 heavy (non-hydrogen) atoms. The van der Waals surface area contributed by atoms with Crippen LogP contribution in [-0.2, 0) is 4.79 Å². The highest BCUT2D eigenvalue weighted by Crippen LogP contribution is 2.17. The Bertz CT molecular complexity index is 900. The van der Waals surface area contributed by atoms with E-state index in [9.17, 15) is 14.4 Å². The Hall–Kier alpha value is -2.78. The van der Waals surface area contributed by atoms with Gasteiger partial charge >= 0.3 is 0 Å². The zero-order valence-electron chi connectivity index (χ0n) is 14.6. The predicted octanol–water partition coefficient (Wildman–Crippen LogP) is 2.67. The van der Waals surface area contributed by atoms with Crippen LogP contribution >= 0.6 is 28.1 Å². The van der Waals surface area contributed by atoms with Crippen molar-refractivity contribution in [3.8, 4) is 0 Å². The lowest BCUT2D eigenvalue weighted by Crippen LogP contribution is -2.48. The van der Waals surface area contributed by atoms with Crippen LogP contribution in [-0.4, -0.2) is 22.8 Å². The number of carbonyl (C=O) groups excluding carboxylic acids is 3. The highest BCUT2D eigenvalue weighted by Gasteiger charge is 2.11. The van der Waals surface area contributed by atoms with E-state index in [0.29, 0.717) is 16.8 Å². The fraction of sp³-hybridized carbons (Fsp3) is 0.111. The van der Waals surface area contributed by atoms with Crippen LogP contribution in [0.15, 0.2) is 46.9 Å². The van der Waals surface area contributed by atoms with Crippen molar-refractivity contribution in [2.75, 3.05) is 5.32 Å². The molecule has 0 radical (unpaired) electrons. The molecule has 0 spiro atoms. The van der Waals surface area contributed by atoms with E-state index in [1.54, 1.807) is 36.4 Å². The molecule has 0 heterocycles. The fourth-order valence-corrected chi connectivity index (χ4v) is 2.56. The number of hydrogen-bond acceptors (Lipinski definition) is 4. The molecule has 0 bridgehead atoms. The number of rotatable bonds is 3. The number of carbonyl (C=O) groups is 3. The van der Waals surface area contributed by atoms with Gasteiger partial charge in [-0.3, -0.25) is 30.6 Å². The van der Waals surface area contributed by atoms with Crippen molar-refractivity contribution in [3.63, 3.8) is 0 Å². The van der Waals surface area contributed by atoms with Gasteiger partial charge in [-0.05, 0) is 61.1 Å². The maximum atomic E-state index is 12.2. The first-order valence-electron chi connectivity index (χ1n) is 7.81. The Kier molecular flexibility index (Phi) is 7.03. The number of benzene rings is 2. The molecule has 4 N–H and O–H groups in total. The maximum Gasteiger partial charge on any atom is 0.269 e. The van der Waals surface area contributed by atoms with Crippen LogP contribution in [0.25, 0.3) is 0 Å². The molecule has 0 fully saturated rings. The van der Waals surface area contributed by atoms with Crippen LogP contribution in [0.2, 0.25) is 0 Å². The summed E-state index contributed by atoms with van der Waals surface area (Å²) in [5.74, 6) is -1.04. The summed E-state index contributed by atoms with van der Waals surface area (Å²) in [6, 6.07) is 11.5. The summed E-state index contributed by atoms with van der Waals surface area (Å²) >= 11 is 8.37. The smallest absolute Gasteiger partial charge is 0.269 e. The van der Waals surface area contributed by atoms with Crippen LogP contribution < -0.4 is 21.5 Å². The van der Waals surface area contributed by atoms with E-state index in [4.69, 9.17) is 12.2 Å². The average Bonchev–Trinajstić information content (AvgIpc) is 2.62. The van der Waals surface area contributed by atoms with Gasteiger partial charge in [-0.15, -0.1) is 0 Å². The van der Waals surface area contributed by atoms with Gasteiger partial charge in [-0.2, -0.15) is 0 Å². The summed E-state index contributed by atoms with van der Waals surface area (Å²) in [6.45, 7) is 3.31. The molecule has 0 saturated carbocycles. The molecule has 2 rings (SSSR count). The van der Waals surface area contributed by atoms with Gasteiger partial charge in [0.15, 0.2) is 5.11 Å². The number of amides is 3. The summed E-state index contributed by atoms with van der Waals surface area (Å²) in [7, 11) is 0. The quantitative estimate of drug-likeness (QED) is 0.427. The summed E-state index contributed by atoms with van der Waals surface area (Å²) < 4.78 is 0.810. The first-order chi connectivity index (χ1) is 12.8. The molecule has 0 unspecified atom stereocenters. The van der Waals surface area contributed by atoms with E-state index < -0.39 is 11.8 Å². The third kappa shape index (κ3) is 6.15. The van der Waals surface area contributed by atoms with E-state index in [-0.39, 0.29) is 11.0 Å². The van der Waals surface area contributed by atoms with Gasteiger partial charge in [-0.1, -0.05) is 22.0 Å². The van der Waals surface area contributed by atoms with Crippen molar-refractivity contribution in [2.45, 2.75) is 13.8 Å². The molecular weight excluding hydrogens is 432 g/mol. The third-order valence-corrected chi connectivity index (χ3v) is 4.48. The monoisotopic (exact) mass is 448 g/mol. The molecule has 2 aromatic carbocycles. The molecule has 0 aromatic heterocycles. The van der Waals surface area contributed by atoms with Crippen molar-refractivity contribution in [1.82, 2.24) is 16.2 Å².